The summed E-state index contributed by atoms with van der Waals surface area (Å²) in [4.78, 5) is 24.5. The van der Waals surface area contributed by atoms with Crippen LogP contribution in [0.4, 0.5) is 0 Å². The van der Waals surface area contributed by atoms with E-state index in [4.69, 9.17) is 0 Å². The van der Waals surface area contributed by atoms with Gasteiger partial charge in [-0.15, -0.1) is 0 Å². The van der Waals surface area contributed by atoms with Gasteiger partial charge in [-0.05, 0) is 61.9 Å². The van der Waals surface area contributed by atoms with Crippen molar-refractivity contribution in [2.45, 2.75) is 71.3 Å². The van der Waals surface area contributed by atoms with Crippen LogP contribution in [-0.4, -0.2) is 22.8 Å². The highest BCUT2D eigenvalue weighted by Crippen LogP contribution is 2.65. The van der Waals surface area contributed by atoms with Crippen molar-refractivity contribution < 1.29 is 14.7 Å². The van der Waals surface area contributed by atoms with Crippen molar-refractivity contribution in [3.63, 3.8) is 0 Å². The first-order valence-electron chi connectivity index (χ1n) is 9.37. The summed E-state index contributed by atoms with van der Waals surface area (Å²) < 4.78 is 0. The van der Waals surface area contributed by atoms with Crippen molar-refractivity contribution in [3.8, 4) is 0 Å². The summed E-state index contributed by atoms with van der Waals surface area (Å²) >= 11 is 0. The number of carbonyl (C=O) groups is 2. The van der Waals surface area contributed by atoms with Crippen LogP contribution in [0, 0.1) is 28.6 Å². The fraction of sp³-hybridized carbons (Fsp3) is 0.800. The van der Waals surface area contributed by atoms with Crippen LogP contribution in [0.3, 0.4) is 0 Å². The fourth-order valence-corrected chi connectivity index (χ4v) is 6.81. The molecule has 4 aliphatic carbocycles. The molecule has 1 N–H and O–H groups in total. The average Bonchev–Trinajstić information content (AvgIpc) is 2.79. The van der Waals surface area contributed by atoms with Crippen LogP contribution < -0.4 is 0 Å². The van der Waals surface area contributed by atoms with E-state index in [9.17, 15) is 14.7 Å². The van der Waals surface area contributed by atoms with Gasteiger partial charge in [0.1, 0.15) is 5.78 Å². The lowest BCUT2D eigenvalue weighted by atomic mass is 9.46. The van der Waals surface area contributed by atoms with E-state index in [0.717, 1.165) is 38.5 Å². The highest BCUT2D eigenvalue weighted by Gasteiger charge is 2.62. The Morgan fingerprint density at radius 2 is 2.00 bits per heavy atom. The van der Waals surface area contributed by atoms with Gasteiger partial charge in [0.25, 0.3) is 0 Å². The van der Waals surface area contributed by atoms with E-state index < -0.39 is 6.10 Å². The molecule has 0 aliphatic heterocycles. The molecule has 0 radical (unpaired) electrons. The van der Waals surface area contributed by atoms with Crippen LogP contribution >= 0.6 is 0 Å². The highest BCUT2D eigenvalue weighted by molar-refractivity contribution is 5.91. The van der Waals surface area contributed by atoms with Crippen molar-refractivity contribution >= 4 is 11.6 Å². The summed E-state index contributed by atoms with van der Waals surface area (Å²) in [5.74, 6) is 1.71. The molecule has 6 atom stereocenters. The first-order chi connectivity index (χ1) is 10.9. The Labute approximate surface area is 138 Å². The number of hydrogen-bond acceptors (Lipinski definition) is 3. The van der Waals surface area contributed by atoms with Gasteiger partial charge in [0.05, 0.1) is 6.10 Å². The van der Waals surface area contributed by atoms with Gasteiger partial charge in [-0.1, -0.05) is 19.4 Å². The Kier molecular flexibility index (Phi) is 3.39. The van der Waals surface area contributed by atoms with E-state index in [0.29, 0.717) is 30.5 Å². The van der Waals surface area contributed by atoms with Crippen molar-refractivity contribution in [2.75, 3.05) is 0 Å². The third-order valence-electron chi connectivity index (χ3n) is 8.04. The molecule has 4 rings (SSSR count). The van der Waals surface area contributed by atoms with Gasteiger partial charge in [0.15, 0.2) is 5.78 Å². The third-order valence-corrected chi connectivity index (χ3v) is 8.04. The van der Waals surface area contributed by atoms with Gasteiger partial charge in [-0.2, -0.15) is 0 Å². The maximum absolute atomic E-state index is 12.6. The molecule has 3 fully saturated rings. The second-order valence-electron chi connectivity index (χ2n) is 8.63. The maximum atomic E-state index is 12.6. The largest absolute Gasteiger partial charge is 0.392 e. The zero-order valence-corrected chi connectivity index (χ0v) is 14.3. The fourth-order valence-electron chi connectivity index (χ4n) is 6.81. The Morgan fingerprint density at radius 1 is 1.22 bits per heavy atom. The first kappa shape index (κ1) is 15.6. The van der Waals surface area contributed by atoms with E-state index in [2.05, 4.69) is 13.8 Å². The molecule has 0 aromatic heterocycles. The van der Waals surface area contributed by atoms with E-state index in [1.807, 2.05) is 6.08 Å². The lowest BCUT2D eigenvalue weighted by molar-refractivity contribution is -0.136. The van der Waals surface area contributed by atoms with Gasteiger partial charge in [-0.25, -0.2) is 0 Å². The summed E-state index contributed by atoms with van der Waals surface area (Å²) in [5, 5.41) is 10.7. The molecule has 0 saturated heterocycles. The van der Waals surface area contributed by atoms with E-state index in [-0.39, 0.29) is 22.5 Å². The lowest BCUT2D eigenvalue weighted by Crippen LogP contribution is -2.53. The summed E-state index contributed by atoms with van der Waals surface area (Å²) in [6.45, 7) is 4.46. The zero-order valence-electron chi connectivity index (χ0n) is 14.3. The predicted octanol–water partition coefficient (Wildman–Crippen LogP) is 3.45. The molecule has 0 amide bonds. The molecule has 4 aliphatic rings. The summed E-state index contributed by atoms with van der Waals surface area (Å²) in [6, 6.07) is 0. The molecule has 3 heteroatoms. The normalized spacial score (nSPS) is 49.3. The van der Waals surface area contributed by atoms with Crippen LogP contribution in [0.25, 0.3) is 0 Å². The highest BCUT2D eigenvalue weighted by atomic mass is 16.3. The van der Waals surface area contributed by atoms with Gasteiger partial charge in [0.2, 0.25) is 0 Å². The Morgan fingerprint density at radius 3 is 2.74 bits per heavy atom. The van der Waals surface area contributed by atoms with Crippen LogP contribution in [0.1, 0.15) is 65.2 Å². The number of hydrogen-bond donors (Lipinski definition) is 1. The molecule has 0 unspecified atom stereocenters. The maximum Gasteiger partial charge on any atom is 0.155 e. The lowest BCUT2D eigenvalue weighted by Gasteiger charge is -2.57. The molecule has 3 saturated carbocycles. The smallest absolute Gasteiger partial charge is 0.155 e. The Bertz CT molecular complexity index is 592. The van der Waals surface area contributed by atoms with Crippen LogP contribution in [-0.2, 0) is 9.59 Å². The van der Waals surface area contributed by atoms with Crippen LogP contribution in [0.5, 0.6) is 0 Å². The standard InChI is InChI=1S/C20H28O3/c1-3-20-9-7-15-14(18(20)16(22)11-17(20)23)5-4-12-10-13(21)6-8-19(12,15)2/h10,14-16,18,22H,3-9,11H2,1-2H3/t14-,15+,16+,18-,19+,20-/m1/s1. The summed E-state index contributed by atoms with van der Waals surface area (Å²) in [5.41, 5.74) is 1.20. The minimum absolute atomic E-state index is 0.113. The minimum atomic E-state index is -0.449. The SMILES string of the molecule is CC[C@]12CC[C@H]3[C@@H](CCC4=CC(=O)CC[C@@]43C)[C@@H]1[C@@H](O)CC2=O. The number of rotatable bonds is 1. The van der Waals surface area contributed by atoms with Gasteiger partial charge in [-0.3, -0.25) is 9.59 Å². The van der Waals surface area contributed by atoms with E-state index >= 15 is 0 Å². The number of ketones is 2. The monoisotopic (exact) mass is 316 g/mol. The Hall–Kier alpha value is -0.960. The topological polar surface area (TPSA) is 54.4 Å². The molecule has 3 nitrogen and oxygen atoms in total. The molecule has 126 valence electrons. The van der Waals surface area contributed by atoms with Crippen LogP contribution in [0.15, 0.2) is 11.6 Å². The van der Waals surface area contributed by atoms with E-state index in [1.54, 1.807) is 0 Å². The van der Waals surface area contributed by atoms with Gasteiger partial charge < -0.3 is 5.11 Å². The van der Waals surface area contributed by atoms with Crippen molar-refractivity contribution in [1.29, 1.82) is 0 Å². The predicted molar refractivity (Wildman–Crippen MR) is 87.7 cm³/mol. The minimum Gasteiger partial charge on any atom is -0.392 e. The summed E-state index contributed by atoms with van der Waals surface area (Å²) in [6.07, 6.45) is 8.33. The number of allylic oxidation sites excluding steroid dienone is 1. The average molecular weight is 316 g/mol. The van der Waals surface area contributed by atoms with Crippen molar-refractivity contribution in [1.82, 2.24) is 0 Å². The van der Waals surface area contributed by atoms with E-state index in [1.165, 1.54) is 5.57 Å². The third kappa shape index (κ3) is 1.92. The molecular formula is C20H28O3. The van der Waals surface area contributed by atoms with Gasteiger partial charge in [0, 0.05) is 24.2 Å². The number of Topliss-reactive ketones (excluding diaryl/α,β-unsaturated/α-hetero) is 1. The molecule has 0 heterocycles. The second kappa shape index (κ2) is 5.02. The number of aliphatic hydroxyl groups is 1. The summed E-state index contributed by atoms with van der Waals surface area (Å²) in [7, 11) is 0. The number of fused-ring (bicyclic) bond motifs is 5. The van der Waals surface area contributed by atoms with Gasteiger partial charge >= 0.3 is 0 Å². The molecule has 0 aromatic rings. The van der Waals surface area contributed by atoms with Crippen molar-refractivity contribution in [3.05, 3.63) is 11.6 Å². The molecule has 0 bridgehead atoms. The second-order valence-corrected chi connectivity index (χ2v) is 8.63. The number of aliphatic hydroxyl groups excluding tert-OH is 1. The zero-order chi connectivity index (χ0) is 16.4. The van der Waals surface area contributed by atoms with Crippen molar-refractivity contribution in [2.24, 2.45) is 28.6 Å². The molecule has 0 spiro atoms. The molecule has 0 aromatic carbocycles. The molecule has 23 heavy (non-hydrogen) atoms. The number of carbonyl (C=O) groups excluding carboxylic acids is 2. The molecular weight excluding hydrogens is 288 g/mol. The first-order valence-corrected chi connectivity index (χ1v) is 9.37. The Balaban J connectivity index is 1.73. The quantitative estimate of drug-likeness (QED) is 0.806. The van der Waals surface area contributed by atoms with Crippen LogP contribution in [0.2, 0.25) is 0 Å².